The fraction of sp³-hybridized carbons (Fsp3) is 0.556. The highest BCUT2D eigenvalue weighted by molar-refractivity contribution is 6.02. The molecule has 0 amide bonds. The van der Waals surface area contributed by atoms with Gasteiger partial charge in [0.15, 0.2) is 5.78 Å². The van der Waals surface area contributed by atoms with Gasteiger partial charge in [-0.1, -0.05) is 32.9 Å². The SMILES string of the molecule is C#C.C/C=N\N(C)/C(=C\c1cccc(N2CCC(CCN(C)C)CC2)c1)C(=O)C(C)(C)C. The molecule has 5 nitrogen and oxygen atoms in total. The quantitative estimate of drug-likeness (QED) is 0.248. The van der Waals surface area contributed by atoms with Gasteiger partial charge in [-0.2, -0.15) is 5.10 Å². The number of hydrogen-bond acceptors (Lipinski definition) is 5. The molecule has 1 aromatic rings. The fourth-order valence-corrected chi connectivity index (χ4v) is 3.82. The number of anilines is 1. The Morgan fingerprint density at radius 3 is 2.34 bits per heavy atom. The number of nitrogens with zero attached hydrogens (tertiary/aromatic N) is 4. The Bertz CT molecular complexity index is 793. The van der Waals surface area contributed by atoms with Crippen molar-refractivity contribution in [1.29, 1.82) is 0 Å². The Morgan fingerprint density at radius 1 is 1.19 bits per heavy atom. The molecule has 0 aliphatic carbocycles. The predicted molar refractivity (Wildman–Crippen MR) is 139 cm³/mol. The van der Waals surface area contributed by atoms with Crippen molar-refractivity contribution in [1.82, 2.24) is 9.91 Å². The standard InChI is InChI=1S/C25H40N4O.C2H2/c1-8-26-28(7)23(24(30)25(2,3)4)19-21-10-9-11-22(18-21)29-16-13-20(14-17-29)12-15-27(5)6;1-2/h8-11,18-20H,12-17H2,1-7H3;1-2H/b23-19-,26-8-;. The second kappa shape index (κ2) is 13.1. The molecule has 0 N–H and O–H groups in total. The highest BCUT2D eigenvalue weighted by Crippen LogP contribution is 2.28. The number of piperidine rings is 1. The van der Waals surface area contributed by atoms with Crippen molar-refractivity contribution in [2.45, 2.75) is 47.0 Å². The van der Waals surface area contributed by atoms with Gasteiger partial charge >= 0.3 is 0 Å². The van der Waals surface area contributed by atoms with Gasteiger partial charge in [-0.15, -0.1) is 12.8 Å². The number of benzene rings is 1. The number of Topliss-reactive ketones (excluding diaryl/α,β-unsaturated/α-hetero) is 1. The highest BCUT2D eigenvalue weighted by atomic mass is 16.1. The van der Waals surface area contributed by atoms with Crippen LogP contribution in [0.1, 0.15) is 52.5 Å². The zero-order valence-electron chi connectivity index (χ0n) is 21.1. The summed E-state index contributed by atoms with van der Waals surface area (Å²) in [5.74, 6) is 0.908. The molecule has 1 aromatic carbocycles. The maximum atomic E-state index is 13.0. The van der Waals surface area contributed by atoms with Gasteiger partial charge in [0.1, 0.15) is 5.70 Å². The summed E-state index contributed by atoms with van der Waals surface area (Å²) in [6.45, 7) is 11.1. The molecule has 1 saturated heterocycles. The first-order valence-corrected chi connectivity index (χ1v) is 11.4. The van der Waals surface area contributed by atoms with Crippen molar-refractivity contribution >= 4 is 23.8 Å². The third-order valence-corrected chi connectivity index (χ3v) is 5.69. The van der Waals surface area contributed by atoms with Crippen LogP contribution < -0.4 is 4.90 Å². The summed E-state index contributed by atoms with van der Waals surface area (Å²) in [5.41, 5.74) is 2.42. The van der Waals surface area contributed by atoms with E-state index in [0.717, 1.165) is 24.6 Å². The van der Waals surface area contributed by atoms with Crippen molar-refractivity contribution in [2.24, 2.45) is 16.4 Å². The van der Waals surface area contributed by atoms with E-state index in [1.54, 1.807) is 11.2 Å². The fourth-order valence-electron chi connectivity index (χ4n) is 3.82. The third kappa shape index (κ3) is 8.51. The largest absolute Gasteiger partial charge is 0.371 e. The third-order valence-electron chi connectivity index (χ3n) is 5.69. The van der Waals surface area contributed by atoms with E-state index in [0.29, 0.717) is 5.70 Å². The molecule has 0 unspecified atom stereocenters. The average molecular weight is 439 g/mol. The number of carbonyl (C=O) groups is 1. The van der Waals surface area contributed by atoms with E-state index < -0.39 is 5.41 Å². The van der Waals surface area contributed by atoms with Crippen LogP contribution in [-0.4, -0.2) is 62.7 Å². The predicted octanol–water partition coefficient (Wildman–Crippen LogP) is 5.00. The molecular formula is C27H42N4O. The summed E-state index contributed by atoms with van der Waals surface area (Å²) in [4.78, 5) is 17.8. The van der Waals surface area contributed by atoms with Gasteiger partial charge in [-0.05, 0) is 76.5 Å². The smallest absolute Gasteiger partial charge is 0.186 e. The van der Waals surface area contributed by atoms with Crippen LogP contribution in [0.15, 0.2) is 35.1 Å². The van der Waals surface area contributed by atoms with Crippen molar-refractivity contribution in [2.75, 3.05) is 45.7 Å². The van der Waals surface area contributed by atoms with Crippen molar-refractivity contribution < 1.29 is 4.79 Å². The maximum absolute atomic E-state index is 13.0. The molecule has 1 fully saturated rings. The first-order valence-electron chi connectivity index (χ1n) is 11.4. The van der Waals surface area contributed by atoms with Crippen LogP contribution >= 0.6 is 0 Å². The Labute approximate surface area is 196 Å². The molecule has 0 saturated carbocycles. The molecule has 0 spiro atoms. The van der Waals surface area contributed by atoms with Crippen LogP contribution in [0, 0.1) is 24.2 Å². The summed E-state index contributed by atoms with van der Waals surface area (Å²) in [5, 5.41) is 5.99. The molecule has 32 heavy (non-hydrogen) atoms. The van der Waals surface area contributed by atoms with Crippen LogP contribution in [-0.2, 0) is 4.79 Å². The number of hydrazone groups is 1. The summed E-state index contributed by atoms with van der Waals surface area (Å²) in [7, 11) is 6.13. The van der Waals surface area contributed by atoms with Gasteiger partial charge in [0, 0.05) is 37.5 Å². The minimum Gasteiger partial charge on any atom is -0.371 e. The number of terminal acetylenes is 1. The number of ketones is 1. The lowest BCUT2D eigenvalue weighted by atomic mass is 9.88. The molecule has 0 aromatic heterocycles. The van der Waals surface area contributed by atoms with Gasteiger partial charge in [-0.3, -0.25) is 9.80 Å². The van der Waals surface area contributed by atoms with Crippen molar-refractivity contribution in [3.8, 4) is 12.8 Å². The normalized spacial score (nSPS) is 15.6. The Hall–Kier alpha value is -2.58. The highest BCUT2D eigenvalue weighted by Gasteiger charge is 2.27. The molecule has 0 bridgehead atoms. The van der Waals surface area contributed by atoms with Gasteiger partial charge in [0.2, 0.25) is 0 Å². The average Bonchev–Trinajstić information content (AvgIpc) is 2.77. The summed E-state index contributed by atoms with van der Waals surface area (Å²) < 4.78 is 0. The Balaban J connectivity index is 0.00000249. The molecule has 2 rings (SSSR count). The minimum atomic E-state index is -0.463. The van der Waals surface area contributed by atoms with E-state index in [-0.39, 0.29) is 5.78 Å². The van der Waals surface area contributed by atoms with E-state index in [9.17, 15) is 4.79 Å². The number of rotatable bonds is 8. The maximum Gasteiger partial charge on any atom is 0.186 e. The Kier molecular flexibility index (Phi) is 11.2. The zero-order valence-corrected chi connectivity index (χ0v) is 21.1. The van der Waals surface area contributed by atoms with Crippen molar-refractivity contribution in [3.63, 3.8) is 0 Å². The van der Waals surface area contributed by atoms with Crippen LogP contribution in [0.2, 0.25) is 0 Å². The van der Waals surface area contributed by atoms with E-state index in [2.05, 4.69) is 66.1 Å². The number of likely N-dealkylation sites (N-methyl/N-ethyl adjacent to an activating group) is 1. The molecule has 1 heterocycles. The van der Waals surface area contributed by atoms with Crippen LogP contribution in [0.5, 0.6) is 0 Å². The molecule has 0 atom stereocenters. The lowest BCUT2D eigenvalue weighted by Gasteiger charge is -2.34. The van der Waals surface area contributed by atoms with E-state index >= 15 is 0 Å². The molecule has 0 radical (unpaired) electrons. The Morgan fingerprint density at radius 2 is 1.81 bits per heavy atom. The van der Waals surface area contributed by atoms with Gasteiger partial charge < -0.3 is 9.80 Å². The second-order valence-corrected chi connectivity index (χ2v) is 9.62. The second-order valence-electron chi connectivity index (χ2n) is 9.62. The van der Waals surface area contributed by atoms with Crippen LogP contribution in [0.25, 0.3) is 6.08 Å². The lowest BCUT2D eigenvalue weighted by molar-refractivity contribution is -0.123. The van der Waals surface area contributed by atoms with Crippen molar-refractivity contribution in [3.05, 3.63) is 35.5 Å². The lowest BCUT2D eigenvalue weighted by Crippen LogP contribution is -2.34. The zero-order chi connectivity index (χ0) is 24.3. The number of carbonyl (C=O) groups excluding carboxylic acids is 1. The van der Waals surface area contributed by atoms with E-state index in [1.165, 1.54) is 31.5 Å². The summed E-state index contributed by atoms with van der Waals surface area (Å²) in [6, 6.07) is 8.52. The summed E-state index contributed by atoms with van der Waals surface area (Å²) in [6.07, 6.45) is 15.5. The van der Waals surface area contributed by atoms with Crippen LogP contribution in [0.3, 0.4) is 0 Å². The first-order chi connectivity index (χ1) is 15.1. The summed E-state index contributed by atoms with van der Waals surface area (Å²) >= 11 is 0. The van der Waals surface area contributed by atoms with Crippen LogP contribution in [0.4, 0.5) is 5.69 Å². The topological polar surface area (TPSA) is 39.1 Å². The van der Waals surface area contributed by atoms with E-state index in [4.69, 9.17) is 0 Å². The minimum absolute atomic E-state index is 0.0858. The molecule has 5 heteroatoms. The van der Waals surface area contributed by atoms with E-state index in [1.807, 2.05) is 40.8 Å². The monoisotopic (exact) mass is 438 g/mol. The van der Waals surface area contributed by atoms with Gasteiger partial charge in [0.05, 0.1) is 0 Å². The number of hydrogen-bond donors (Lipinski definition) is 0. The number of allylic oxidation sites excluding steroid dienone is 1. The van der Waals surface area contributed by atoms with Gasteiger partial charge in [-0.25, -0.2) is 0 Å². The van der Waals surface area contributed by atoms with Gasteiger partial charge in [0.25, 0.3) is 0 Å². The molecular weight excluding hydrogens is 396 g/mol. The molecule has 1 aliphatic rings. The first kappa shape index (κ1) is 27.5. The molecule has 1 aliphatic heterocycles. The molecule has 176 valence electrons.